The summed E-state index contributed by atoms with van der Waals surface area (Å²) < 4.78 is 7.78. The van der Waals surface area contributed by atoms with Gasteiger partial charge in [-0.15, -0.1) is 0 Å². The Kier molecular flexibility index (Phi) is 5.35. The molecular weight excluding hydrogens is 340 g/mol. The molecule has 2 aromatic heterocycles. The second-order valence-corrected chi connectivity index (χ2v) is 5.94. The zero-order chi connectivity index (χ0) is 17.6. The Hall–Kier alpha value is -2.80. The third-order valence-electron chi connectivity index (χ3n) is 3.64. The van der Waals surface area contributed by atoms with Crippen LogP contribution < -0.4 is 15.8 Å². The first-order valence-electron chi connectivity index (χ1n) is 7.87. The molecule has 3 N–H and O–H groups in total. The van der Waals surface area contributed by atoms with Gasteiger partial charge in [0.25, 0.3) is 0 Å². The quantitative estimate of drug-likeness (QED) is 0.628. The molecule has 0 amide bonds. The van der Waals surface area contributed by atoms with E-state index in [9.17, 15) is 0 Å². The van der Waals surface area contributed by atoms with Crippen molar-refractivity contribution in [3.05, 3.63) is 53.8 Å². The molecule has 0 aliphatic heterocycles. The molecule has 0 spiro atoms. The number of rotatable bonds is 7. The summed E-state index contributed by atoms with van der Waals surface area (Å²) in [7, 11) is 0. The van der Waals surface area contributed by atoms with Crippen LogP contribution in [0.1, 0.15) is 12.0 Å². The molecule has 3 aromatic rings. The van der Waals surface area contributed by atoms with Crippen molar-refractivity contribution in [3.8, 4) is 11.6 Å². The minimum absolute atomic E-state index is 0.314. The number of anilines is 2. The van der Waals surface area contributed by atoms with Crippen LogP contribution in [0.4, 0.5) is 11.5 Å². The van der Waals surface area contributed by atoms with Crippen LogP contribution in [0.3, 0.4) is 0 Å². The maximum atomic E-state index is 6.12. The van der Waals surface area contributed by atoms with Gasteiger partial charge in [-0.2, -0.15) is 4.98 Å². The van der Waals surface area contributed by atoms with E-state index in [4.69, 9.17) is 22.1 Å². The molecule has 130 valence electrons. The van der Waals surface area contributed by atoms with Crippen LogP contribution in [0, 0.1) is 6.92 Å². The Morgan fingerprint density at radius 2 is 2.20 bits per heavy atom. The summed E-state index contributed by atoms with van der Waals surface area (Å²) in [6.07, 6.45) is 7.81. The topological polar surface area (TPSA) is 90.9 Å². The number of aryl methyl sites for hydroxylation is 2. The van der Waals surface area contributed by atoms with Crippen LogP contribution in [-0.2, 0) is 6.54 Å². The van der Waals surface area contributed by atoms with E-state index in [0.29, 0.717) is 28.2 Å². The van der Waals surface area contributed by atoms with Crippen LogP contribution >= 0.6 is 11.6 Å². The summed E-state index contributed by atoms with van der Waals surface area (Å²) >= 11 is 6.03. The van der Waals surface area contributed by atoms with Crippen molar-refractivity contribution in [2.75, 3.05) is 17.6 Å². The number of nitrogens with one attached hydrogen (secondary N) is 1. The lowest BCUT2D eigenvalue weighted by Gasteiger charge is -2.12. The summed E-state index contributed by atoms with van der Waals surface area (Å²) in [5, 5.41) is 3.89. The van der Waals surface area contributed by atoms with E-state index < -0.39 is 0 Å². The normalized spacial score (nSPS) is 10.6. The maximum Gasteiger partial charge on any atom is 0.248 e. The number of nitrogen functional groups attached to an aromatic ring is 1. The minimum atomic E-state index is 0.314. The summed E-state index contributed by atoms with van der Waals surface area (Å²) in [5.41, 5.74) is 7.42. The van der Waals surface area contributed by atoms with Gasteiger partial charge in [0.1, 0.15) is 17.8 Å². The second kappa shape index (κ2) is 7.85. The SMILES string of the molecule is Cc1cc(Oc2ncnc(NCCCn3ccnc3)c2N)ccc1Cl. The van der Waals surface area contributed by atoms with Gasteiger partial charge in [-0.1, -0.05) is 11.6 Å². The molecule has 2 heterocycles. The van der Waals surface area contributed by atoms with E-state index in [2.05, 4.69) is 20.3 Å². The number of nitrogens with two attached hydrogens (primary N) is 1. The highest BCUT2D eigenvalue weighted by Gasteiger charge is 2.10. The van der Waals surface area contributed by atoms with Crippen LogP contribution in [-0.4, -0.2) is 26.1 Å². The Morgan fingerprint density at radius 1 is 1.32 bits per heavy atom. The number of benzene rings is 1. The van der Waals surface area contributed by atoms with Crippen molar-refractivity contribution in [2.45, 2.75) is 19.9 Å². The summed E-state index contributed by atoms with van der Waals surface area (Å²) in [6.45, 7) is 3.50. The van der Waals surface area contributed by atoms with Crippen molar-refractivity contribution < 1.29 is 4.74 Å². The summed E-state index contributed by atoms with van der Waals surface area (Å²) in [5.74, 6) is 1.49. The van der Waals surface area contributed by atoms with Crippen molar-refractivity contribution in [1.82, 2.24) is 19.5 Å². The number of aromatic nitrogens is 4. The van der Waals surface area contributed by atoms with Gasteiger partial charge in [0.15, 0.2) is 5.82 Å². The number of hydrogen-bond donors (Lipinski definition) is 2. The van der Waals surface area contributed by atoms with Crippen molar-refractivity contribution in [1.29, 1.82) is 0 Å². The average molecular weight is 359 g/mol. The number of nitrogens with zero attached hydrogens (tertiary/aromatic N) is 4. The van der Waals surface area contributed by atoms with E-state index >= 15 is 0 Å². The molecule has 3 rings (SSSR count). The van der Waals surface area contributed by atoms with Gasteiger partial charge in [-0.25, -0.2) is 9.97 Å². The van der Waals surface area contributed by atoms with Crippen molar-refractivity contribution >= 4 is 23.1 Å². The number of imidazole rings is 1. The Balaban J connectivity index is 1.61. The molecule has 0 radical (unpaired) electrons. The second-order valence-electron chi connectivity index (χ2n) is 5.53. The molecule has 1 aromatic carbocycles. The molecule has 8 heteroatoms. The highest BCUT2D eigenvalue weighted by atomic mass is 35.5. The predicted molar refractivity (Wildman–Crippen MR) is 98.0 cm³/mol. The molecule has 0 aliphatic rings. The van der Waals surface area contributed by atoms with Gasteiger partial charge in [0.05, 0.1) is 6.33 Å². The molecular formula is C17H19ClN6O. The third kappa shape index (κ3) is 4.39. The first-order chi connectivity index (χ1) is 12.1. The predicted octanol–water partition coefficient (Wildman–Crippen LogP) is 3.51. The standard InChI is InChI=1S/C17H19ClN6O/c1-12-9-13(3-4-14(12)18)25-17-15(19)16(22-10-23-17)21-5-2-7-24-8-6-20-11-24/h3-4,6,8-11H,2,5,7,19H2,1H3,(H,21,22,23). The average Bonchev–Trinajstić information content (AvgIpc) is 3.11. The highest BCUT2D eigenvalue weighted by molar-refractivity contribution is 6.31. The van der Waals surface area contributed by atoms with E-state index in [1.807, 2.05) is 23.8 Å². The van der Waals surface area contributed by atoms with Gasteiger partial charge >= 0.3 is 0 Å². The molecule has 0 aliphatic carbocycles. The first-order valence-corrected chi connectivity index (χ1v) is 8.25. The Labute approximate surface area is 150 Å². The highest BCUT2D eigenvalue weighted by Crippen LogP contribution is 2.30. The summed E-state index contributed by atoms with van der Waals surface area (Å²) in [4.78, 5) is 12.3. The number of ether oxygens (including phenoxy) is 1. The lowest BCUT2D eigenvalue weighted by atomic mass is 10.2. The molecule has 0 atom stereocenters. The van der Waals surface area contributed by atoms with E-state index in [1.54, 1.807) is 24.7 Å². The molecule has 0 fully saturated rings. The zero-order valence-electron chi connectivity index (χ0n) is 13.8. The molecule has 0 saturated heterocycles. The molecule has 0 bridgehead atoms. The number of halogens is 1. The van der Waals surface area contributed by atoms with Gasteiger partial charge in [-0.3, -0.25) is 0 Å². The van der Waals surface area contributed by atoms with Crippen molar-refractivity contribution in [2.24, 2.45) is 0 Å². The largest absolute Gasteiger partial charge is 0.437 e. The van der Waals surface area contributed by atoms with Gasteiger partial charge in [-0.05, 0) is 37.1 Å². The maximum absolute atomic E-state index is 6.12. The van der Waals surface area contributed by atoms with Gasteiger partial charge in [0.2, 0.25) is 5.88 Å². The van der Waals surface area contributed by atoms with Crippen molar-refractivity contribution in [3.63, 3.8) is 0 Å². The fourth-order valence-electron chi connectivity index (χ4n) is 2.28. The van der Waals surface area contributed by atoms with Gasteiger partial charge in [0, 0.05) is 30.5 Å². The fraction of sp³-hybridized carbons (Fsp3) is 0.235. The molecule has 25 heavy (non-hydrogen) atoms. The Bertz CT molecular complexity index is 837. The third-order valence-corrected chi connectivity index (χ3v) is 4.06. The lowest BCUT2D eigenvalue weighted by Crippen LogP contribution is -2.10. The minimum Gasteiger partial charge on any atom is -0.437 e. The van der Waals surface area contributed by atoms with Crippen LogP contribution in [0.2, 0.25) is 5.02 Å². The van der Waals surface area contributed by atoms with E-state index in [0.717, 1.165) is 25.1 Å². The number of hydrogen-bond acceptors (Lipinski definition) is 6. The smallest absolute Gasteiger partial charge is 0.248 e. The van der Waals surface area contributed by atoms with Crippen LogP contribution in [0.25, 0.3) is 0 Å². The van der Waals surface area contributed by atoms with E-state index in [-0.39, 0.29) is 0 Å². The zero-order valence-corrected chi connectivity index (χ0v) is 14.6. The van der Waals surface area contributed by atoms with Crippen LogP contribution in [0.5, 0.6) is 11.6 Å². The monoisotopic (exact) mass is 358 g/mol. The fourth-order valence-corrected chi connectivity index (χ4v) is 2.40. The first kappa shape index (κ1) is 17.0. The molecule has 0 unspecified atom stereocenters. The summed E-state index contributed by atoms with van der Waals surface area (Å²) in [6, 6.07) is 5.38. The Morgan fingerprint density at radius 3 is 2.96 bits per heavy atom. The molecule has 0 saturated carbocycles. The lowest BCUT2D eigenvalue weighted by molar-refractivity contribution is 0.464. The van der Waals surface area contributed by atoms with E-state index in [1.165, 1.54) is 6.33 Å². The van der Waals surface area contributed by atoms with Crippen LogP contribution in [0.15, 0.2) is 43.2 Å². The molecule has 7 nitrogen and oxygen atoms in total. The van der Waals surface area contributed by atoms with Gasteiger partial charge < -0.3 is 20.4 Å².